The Morgan fingerprint density at radius 3 is 2.90 bits per heavy atom. The summed E-state index contributed by atoms with van der Waals surface area (Å²) in [6, 6.07) is 10.1. The van der Waals surface area contributed by atoms with Gasteiger partial charge in [0.1, 0.15) is 11.0 Å². The minimum absolute atomic E-state index is 0.460. The Balaban J connectivity index is 1.86. The number of hydrogen-bond donors (Lipinski definition) is 1. The van der Waals surface area contributed by atoms with Crippen molar-refractivity contribution in [2.24, 2.45) is 0 Å². The van der Waals surface area contributed by atoms with Crippen molar-refractivity contribution in [2.45, 2.75) is 20.0 Å². The third kappa shape index (κ3) is 2.89. The van der Waals surface area contributed by atoms with E-state index in [4.69, 9.17) is 11.6 Å². The molecule has 0 spiro atoms. The number of pyridine rings is 1. The van der Waals surface area contributed by atoms with Crippen molar-refractivity contribution >= 4 is 44.3 Å². The fourth-order valence-electron chi connectivity index (χ4n) is 2.31. The van der Waals surface area contributed by atoms with E-state index in [0.717, 1.165) is 33.6 Å². The van der Waals surface area contributed by atoms with Crippen molar-refractivity contribution in [3.63, 3.8) is 0 Å². The predicted molar refractivity (Wildman–Crippen MR) is 89.7 cm³/mol. The summed E-state index contributed by atoms with van der Waals surface area (Å²) in [6.45, 7) is 3.65. The first-order chi connectivity index (χ1) is 10.2. The van der Waals surface area contributed by atoms with Gasteiger partial charge in [-0.15, -0.1) is 0 Å². The van der Waals surface area contributed by atoms with Crippen molar-refractivity contribution in [1.82, 2.24) is 14.5 Å². The first-order valence-corrected chi connectivity index (χ1v) is 7.85. The van der Waals surface area contributed by atoms with Gasteiger partial charge >= 0.3 is 0 Å². The van der Waals surface area contributed by atoms with Crippen LogP contribution in [0.1, 0.15) is 12.7 Å². The minimum Gasteiger partial charge on any atom is -0.377 e. The zero-order valence-corrected chi connectivity index (χ0v) is 13.8. The smallest absolute Gasteiger partial charge is 0.143 e. The van der Waals surface area contributed by atoms with E-state index in [1.807, 2.05) is 24.3 Å². The summed E-state index contributed by atoms with van der Waals surface area (Å²) < 4.78 is 2.99. The van der Waals surface area contributed by atoms with Crippen LogP contribution in [0.3, 0.4) is 0 Å². The van der Waals surface area contributed by atoms with Crippen molar-refractivity contribution in [2.75, 3.05) is 5.32 Å². The Morgan fingerprint density at radius 2 is 2.14 bits per heavy atom. The van der Waals surface area contributed by atoms with Gasteiger partial charge in [0.05, 0.1) is 33.9 Å². The van der Waals surface area contributed by atoms with Crippen LogP contribution in [0.2, 0.25) is 5.15 Å². The monoisotopic (exact) mass is 364 g/mol. The quantitative estimate of drug-likeness (QED) is 0.693. The van der Waals surface area contributed by atoms with Gasteiger partial charge in [0.25, 0.3) is 0 Å². The summed E-state index contributed by atoms with van der Waals surface area (Å²) in [7, 11) is 0. The molecule has 6 heteroatoms. The molecule has 0 bridgehead atoms. The number of halogens is 2. The largest absolute Gasteiger partial charge is 0.377 e. The summed E-state index contributed by atoms with van der Waals surface area (Å²) in [4.78, 5) is 8.79. The SMILES string of the molecule is CCn1c(CNc2cnc(Cl)c(Br)c2)nc2ccccc21. The van der Waals surface area contributed by atoms with Crippen molar-refractivity contribution in [3.8, 4) is 0 Å². The summed E-state index contributed by atoms with van der Waals surface area (Å²) in [5.41, 5.74) is 3.08. The van der Waals surface area contributed by atoms with E-state index in [1.165, 1.54) is 0 Å². The number of para-hydroxylation sites is 2. The molecule has 2 heterocycles. The highest BCUT2D eigenvalue weighted by Gasteiger charge is 2.09. The lowest BCUT2D eigenvalue weighted by Gasteiger charge is -2.09. The Bertz CT molecular complexity index is 784. The van der Waals surface area contributed by atoms with E-state index in [1.54, 1.807) is 6.20 Å². The highest BCUT2D eigenvalue weighted by Crippen LogP contribution is 2.23. The number of hydrogen-bond acceptors (Lipinski definition) is 3. The number of nitrogens with one attached hydrogen (secondary N) is 1. The molecule has 0 radical (unpaired) electrons. The molecule has 0 aliphatic rings. The van der Waals surface area contributed by atoms with Crippen LogP contribution in [0.5, 0.6) is 0 Å². The van der Waals surface area contributed by atoms with Crippen LogP contribution in [0, 0.1) is 0 Å². The number of aryl methyl sites for hydroxylation is 1. The summed E-state index contributed by atoms with van der Waals surface area (Å²) >= 11 is 9.27. The van der Waals surface area contributed by atoms with Gasteiger partial charge in [-0.25, -0.2) is 9.97 Å². The van der Waals surface area contributed by atoms with Crippen LogP contribution in [-0.4, -0.2) is 14.5 Å². The van der Waals surface area contributed by atoms with Crippen LogP contribution in [0.4, 0.5) is 5.69 Å². The number of imidazole rings is 1. The topological polar surface area (TPSA) is 42.7 Å². The molecule has 0 saturated heterocycles. The molecule has 0 fully saturated rings. The van der Waals surface area contributed by atoms with Gasteiger partial charge in [0, 0.05) is 6.54 Å². The molecule has 0 amide bonds. The molecule has 0 aliphatic heterocycles. The Kier molecular flexibility index (Phi) is 4.12. The molecule has 1 aromatic carbocycles. The van der Waals surface area contributed by atoms with Crippen molar-refractivity contribution < 1.29 is 0 Å². The fourth-order valence-corrected chi connectivity index (χ4v) is 2.76. The molecular weight excluding hydrogens is 352 g/mol. The second-order valence-corrected chi connectivity index (χ2v) is 5.82. The molecule has 21 heavy (non-hydrogen) atoms. The molecule has 0 aliphatic carbocycles. The maximum atomic E-state index is 5.90. The van der Waals surface area contributed by atoms with Gasteiger partial charge in [-0.1, -0.05) is 23.7 Å². The average Bonchev–Trinajstić information content (AvgIpc) is 2.86. The van der Waals surface area contributed by atoms with Gasteiger partial charge in [0.2, 0.25) is 0 Å². The molecule has 0 unspecified atom stereocenters. The van der Waals surface area contributed by atoms with Gasteiger partial charge in [-0.3, -0.25) is 0 Å². The molecule has 3 aromatic rings. The lowest BCUT2D eigenvalue weighted by Crippen LogP contribution is -2.08. The van der Waals surface area contributed by atoms with Crippen LogP contribution in [0.15, 0.2) is 41.0 Å². The van der Waals surface area contributed by atoms with Crippen LogP contribution in [-0.2, 0) is 13.1 Å². The lowest BCUT2D eigenvalue weighted by molar-refractivity contribution is 0.729. The Morgan fingerprint density at radius 1 is 1.33 bits per heavy atom. The second kappa shape index (κ2) is 6.03. The third-order valence-corrected chi connectivity index (χ3v) is 4.43. The zero-order chi connectivity index (χ0) is 14.8. The molecule has 0 saturated carbocycles. The van der Waals surface area contributed by atoms with E-state index >= 15 is 0 Å². The molecular formula is C15H14BrClN4. The van der Waals surface area contributed by atoms with Gasteiger partial charge in [-0.05, 0) is 41.1 Å². The molecule has 108 valence electrons. The van der Waals surface area contributed by atoms with E-state index in [2.05, 4.69) is 48.8 Å². The van der Waals surface area contributed by atoms with Crippen molar-refractivity contribution in [1.29, 1.82) is 0 Å². The summed E-state index contributed by atoms with van der Waals surface area (Å²) in [6.07, 6.45) is 1.71. The van der Waals surface area contributed by atoms with E-state index in [9.17, 15) is 0 Å². The lowest BCUT2D eigenvalue weighted by atomic mass is 10.3. The fraction of sp³-hybridized carbons (Fsp3) is 0.200. The standard InChI is InChI=1S/C15H14BrClN4/c1-2-21-13-6-4-3-5-12(13)20-14(21)9-18-10-7-11(16)15(17)19-8-10/h3-8,18H,2,9H2,1H3. The number of nitrogens with zero attached hydrogens (tertiary/aromatic N) is 3. The molecule has 1 N–H and O–H groups in total. The van der Waals surface area contributed by atoms with E-state index in [-0.39, 0.29) is 0 Å². The highest BCUT2D eigenvalue weighted by atomic mass is 79.9. The maximum absolute atomic E-state index is 5.90. The Labute approximate surface area is 136 Å². The summed E-state index contributed by atoms with van der Waals surface area (Å²) in [5.74, 6) is 1.00. The zero-order valence-electron chi connectivity index (χ0n) is 11.5. The average molecular weight is 366 g/mol. The number of anilines is 1. The van der Waals surface area contributed by atoms with Crippen LogP contribution >= 0.6 is 27.5 Å². The molecule has 0 atom stereocenters. The number of aromatic nitrogens is 3. The number of rotatable bonds is 4. The normalized spacial score (nSPS) is 11.0. The first-order valence-electron chi connectivity index (χ1n) is 6.68. The van der Waals surface area contributed by atoms with E-state index in [0.29, 0.717) is 11.7 Å². The van der Waals surface area contributed by atoms with Gasteiger partial charge < -0.3 is 9.88 Å². The summed E-state index contributed by atoms with van der Waals surface area (Å²) in [5, 5.41) is 3.79. The molecule has 2 aromatic heterocycles. The second-order valence-electron chi connectivity index (χ2n) is 4.61. The first kappa shape index (κ1) is 14.4. The van der Waals surface area contributed by atoms with Gasteiger partial charge in [-0.2, -0.15) is 0 Å². The Hall–Kier alpha value is -1.59. The predicted octanol–water partition coefficient (Wildman–Crippen LogP) is 4.48. The number of benzene rings is 1. The maximum Gasteiger partial charge on any atom is 0.143 e. The minimum atomic E-state index is 0.460. The van der Waals surface area contributed by atoms with Crippen LogP contribution in [0.25, 0.3) is 11.0 Å². The van der Waals surface area contributed by atoms with E-state index < -0.39 is 0 Å². The van der Waals surface area contributed by atoms with Crippen LogP contribution < -0.4 is 5.32 Å². The van der Waals surface area contributed by atoms with Crippen molar-refractivity contribution in [3.05, 3.63) is 52.0 Å². The molecule has 3 rings (SSSR count). The highest BCUT2D eigenvalue weighted by molar-refractivity contribution is 9.10. The number of fused-ring (bicyclic) bond motifs is 1. The third-order valence-electron chi connectivity index (χ3n) is 3.30. The van der Waals surface area contributed by atoms with Gasteiger partial charge in [0.15, 0.2) is 0 Å². The molecule has 4 nitrogen and oxygen atoms in total.